The van der Waals surface area contributed by atoms with E-state index in [1.54, 1.807) is 23.6 Å². The number of nitrogens with zero attached hydrogens (tertiary/aromatic N) is 7. The van der Waals surface area contributed by atoms with Crippen LogP contribution in [0, 0.1) is 26.2 Å². The number of rotatable bonds is 30. The molecule has 2 aliphatic heterocycles. The van der Waals surface area contributed by atoms with Crippen molar-refractivity contribution in [2.24, 2.45) is 5.41 Å². The van der Waals surface area contributed by atoms with Gasteiger partial charge in [-0.05, 0) is 100 Å². The molecule has 80 heavy (non-hydrogen) atoms. The summed E-state index contributed by atoms with van der Waals surface area (Å²) in [6, 6.07) is 13.7. The summed E-state index contributed by atoms with van der Waals surface area (Å²) in [6.45, 7) is 19.5. The number of piperazine rings is 1. The van der Waals surface area contributed by atoms with E-state index in [1.807, 2.05) is 89.5 Å². The molecule has 5 heterocycles. The van der Waals surface area contributed by atoms with E-state index in [0.717, 1.165) is 124 Å². The number of nitrogens with one attached hydrogen (secondary N) is 4. The molecular weight excluding hydrogens is 1070 g/mol. The zero-order chi connectivity index (χ0) is 57.0. The Kier molecular flexibility index (Phi) is 24.0. The van der Waals surface area contributed by atoms with Crippen molar-refractivity contribution in [3.63, 3.8) is 0 Å². The maximum absolute atomic E-state index is 14.0. The summed E-state index contributed by atoms with van der Waals surface area (Å²) >= 11 is 9.15. The second-order valence-electron chi connectivity index (χ2n) is 22.0. The van der Waals surface area contributed by atoms with Crippen molar-refractivity contribution in [1.29, 1.82) is 0 Å². The van der Waals surface area contributed by atoms with Crippen LogP contribution in [0.15, 0.2) is 60.2 Å². The van der Waals surface area contributed by atoms with E-state index < -0.39 is 23.6 Å². The zero-order valence-electron chi connectivity index (χ0n) is 47.5. The van der Waals surface area contributed by atoms with Crippen molar-refractivity contribution in [3.8, 4) is 10.4 Å². The van der Waals surface area contributed by atoms with E-state index in [0.29, 0.717) is 52.0 Å². The van der Waals surface area contributed by atoms with E-state index in [-0.39, 0.29) is 49.6 Å². The normalized spacial score (nSPS) is 16.2. The fourth-order valence-corrected chi connectivity index (χ4v) is 11.7. The van der Waals surface area contributed by atoms with Gasteiger partial charge in [-0.3, -0.25) is 24.1 Å². The summed E-state index contributed by atoms with van der Waals surface area (Å²) in [5, 5.41) is 23.7. The molecule has 0 saturated carbocycles. The Labute approximate surface area is 485 Å². The Morgan fingerprint density at radius 3 is 2.17 bits per heavy atom. The molecule has 434 valence electrons. The molecule has 7 rings (SSSR count). The Morgan fingerprint density at radius 1 is 0.838 bits per heavy atom. The molecule has 5 aromatic rings. The highest BCUT2D eigenvalue weighted by atomic mass is 35.5. The number of aliphatic hydroxyl groups is 1. The molecule has 2 aliphatic rings. The van der Waals surface area contributed by atoms with Gasteiger partial charge in [-0.1, -0.05) is 99.4 Å². The first-order valence-corrected chi connectivity index (χ1v) is 30.4. The van der Waals surface area contributed by atoms with Crippen molar-refractivity contribution in [1.82, 2.24) is 40.4 Å². The summed E-state index contributed by atoms with van der Waals surface area (Å²) in [7, 11) is 0. The first-order chi connectivity index (χ1) is 38.5. The van der Waals surface area contributed by atoms with Crippen LogP contribution in [0.25, 0.3) is 10.4 Å². The molecule has 0 spiro atoms. The fraction of sp³-hybridized carbons (Fsp3) is 0.559. The highest BCUT2D eigenvalue weighted by molar-refractivity contribution is 7.17. The number of benzene rings is 2. The van der Waals surface area contributed by atoms with Crippen LogP contribution in [0.3, 0.4) is 0 Å². The molecule has 21 heteroatoms. The SMILES string of the molecule is Cc1nc(Nc2ncc(C(=O)Nc3c(C)cccc3Cl)s2)cc(N2CCN(CCCCCCOCCCCCOCCCCCC(=O)NC(C(=O)N3CC(O)CC3C(=O)NCc3ccc(-c4scnc4C)cc3)C(C)(C)C)CC2)n1. The van der Waals surface area contributed by atoms with Crippen LogP contribution in [0.2, 0.25) is 5.02 Å². The van der Waals surface area contributed by atoms with Crippen LogP contribution >= 0.6 is 34.3 Å². The fourth-order valence-electron chi connectivity index (χ4n) is 9.85. The molecule has 3 atom stereocenters. The molecule has 18 nitrogen and oxygen atoms in total. The molecule has 5 N–H and O–H groups in total. The standard InChI is InChI=1S/C59H82ClN11O7S2/c1-40-18-17-19-46(60)52(40)68-56(75)48-37-62-58(80-48)66-49-35-50(65-42(3)64-49)70-28-26-69(27-29-70)25-12-7-8-13-30-77-32-15-10-16-33-78-31-14-9-11-20-51(73)67-54(59(4,5)6)57(76)71-38-45(72)34-47(71)55(74)61-36-43-21-23-44(24-22-43)53-41(2)63-39-79-53/h17-19,21-24,35,37,39,45,47,54,72H,7-16,20,25-34,36,38H2,1-6H3,(H,61,74)(H,67,73)(H,68,75)(H,62,64,65,66). The molecule has 0 radical (unpaired) electrons. The van der Waals surface area contributed by atoms with Crippen LogP contribution in [0.5, 0.6) is 0 Å². The van der Waals surface area contributed by atoms with E-state index in [1.165, 1.54) is 29.1 Å². The van der Waals surface area contributed by atoms with Gasteiger partial charge >= 0.3 is 0 Å². The largest absolute Gasteiger partial charge is 0.391 e. The Balaban J connectivity index is 0.665. The van der Waals surface area contributed by atoms with Gasteiger partial charge in [0.1, 0.15) is 34.4 Å². The van der Waals surface area contributed by atoms with Gasteiger partial charge in [0.15, 0.2) is 5.13 Å². The molecule has 3 unspecified atom stereocenters. The number of unbranched alkanes of at least 4 members (excludes halogenated alkanes) is 7. The lowest BCUT2D eigenvalue weighted by Crippen LogP contribution is -2.57. The second-order valence-corrected chi connectivity index (χ2v) is 24.3. The number of halogens is 1. The van der Waals surface area contributed by atoms with E-state index >= 15 is 0 Å². The van der Waals surface area contributed by atoms with Crippen molar-refractivity contribution in [2.45, 2.75) is 143 Å². The third-order valence-corrected chi connectivity index (χ3v) is 16.6. The van der Waals surface area contributed by atoms with Gasteiger partial charge in [0.25, 0.3) is 5.91 Å². The van der Waals surface area contributed by atoms with Gasteiger partial charge in [-0.15, -0.1) is 11.3 Å². The van der Waals surface area contributed by atoms with Gasteiger partial charge in [0, 0.05) is 84.6 Å². The molecule has 0 aliphatic carbocycles. The van der Waals surface area contributed by atoms with Gasteiger partial charge in [-0.2, -0.15) is 0 Å². The van der Waals surface area contributed by atoms with Gasteiger partial charge in [0.05, 0.1) is 39.1 Å². The molecule has 2 aromatic carbocycles. The predicted molar refractivity (Wildman–Crippen MR) is 319 cm³/mol. The number of carbonyl (C=O) groups is 4. The minimum Gasteiger partial charge on any atom is -0.391 e. The Bertz CT molecular complexity index is 2760. The van der Waals surface area contributed by atoms with Crippen LogP contribution in [0.4, 0.5) is 22.5 Å². The second kappa shape index (κ2) is 31.0. The lowest BCUT2D eigenvalue weighted by Gasteiger charge is -2.35. The lowest BCUT2D eigenvalue weighted by atomic mass is 9.85. The number of para-hydroxylation sites is 1. The topological polar surface area (TPSA) is 216 Å². The summed E-state index contributed by atoms with van der Waals surface area (Å²) in [5.74, 6) is 1.01. The maximum atomic E-state index is 14.0. The van der Waals surface area contributed by atoms with Crippen molar-refractivity contribution in [2.75, 3.05) is 81.2 Å². The quantitative estimate of drug-likeness (QED) is 0.0271. The van der Waals surface area contributed by atoms with Gasteiger partial charge in [0.2, 0.25) is 17.7 Å². The van der Waals surface area contributed by atoms with Crippen molar-refractivity contribution < 1.29 is 33.8 Å². The number of anilines is 4. The maximum Gasteiger partial charge on any atom is 0.267 e. The minimum absolute atomic E-state index is 0.0341. The molecule has 3 aromatic heterocycles. The van der Waals surface area contributed by atoms with Gasteiger partial charge < -0.3 is 45.6 Å². The highest BCUT2D eigenvalue weighted by Crippen LogP contribution is 2.31. The Hall–Kier alpha value is -5.61. The van der Waals surface area contributed by atoms with Crippen LogP contribution < -0.4 is 26.2 Å². The average Bonchev–Trinajstić information content (AvgIpc) is 4.23. The van der Waals surface area contributed by atoms with E-state index in [2.05, 4.69) is 46.0 Å². The third-order valence-electron chi connectivity index (χ3n) is 14.4. The number of aliphatic hydroxyl groups excluding tert-OH is 1. The van der Waals surface area contributed by atoms with Crippen LogP contribution in [0.1, 0.15) is 130 Å². The van der Waals surface area contributed by atoms with Crippen LogP contribution in [-0.4, -0.2) is 142 Å². The number of ether oxygens (including phenoxy) is 2. The first-order valence-electron chi connectivity index (χ1n) is 28.3. The first kappa shape index (κ1) is 62.0. The number of aryl methyl sites for hydroxylation is 3. The average molecular weight is 1160 g/mol. The summed E-state index contributed by atoms with van der Waals surface area (Å²) in [5.41, 5.74) is 5.65. The monoisotopic (exact) mass is 1160 g/mol. The Morgan fingerprint density at radius 2 is 1.51 bits per heavy atom. The number of hydrogen-bond donors (Lipinski definition) is 5. The van der Waals surface area contributed by atoms with Crippen molar-refractivity contribution >= 4 is 80.4 Å². The lowest BCUT2D eigenvalue weighted by molar-refractivity contribution is -0.144. The predicted octanol–water partition coefficient (Wildman–Crippen LogP) is 9.89. The third kappa shape index (κ3) is 19.0. The smallest absolute Gasteiger partial charge is 0.267 e. The number of likely N-dealkylation sites (tertiary alicyclic amines) is 1. The number of β-amino-alcohol motifs (C(OH)–C–C–N with tert-alkyl or cyclic N) is 1. The number of amides is 4. The highest BCUT2D eigenvalue weighted by Gasteiger charge is 2.44. The molecular formula is C59H82ClN11O7S2. The zero-order valence-corrected chi connectivity index (χ0v) is 49.9. The minimum atomic E-state index is -0.852. The number of hydrogen-bond acceptors (Lipinski definition) is 16. The molecule has 4 amide bonds. The number of aromatic nitrogens is 4. The molecule has 2 fully saturated rings. The molecule has 0 bridgehead atoms. The number of carbonyl (C=O) groups excluding carboxylic acids is 4. The van der Waals surface area contributed by atoms with E-state index in [9.17, 15) is 24.3 Å². The van der Waals surface area contributed by atoms with Crippen molar-refractivity contribution in [3.05, 3.63) is 92.8 Å². The van der Waals surface area contributed by atoms with Crippen LogP contribution in [-0.2, 0) is 30.4 Å². The molecule has 2 saturated heterocycles. The summed E-state index contributed by atoms with van der Waals surface area (Å²) < 4.78 is 11.8. The summed E-state index contributed by atoms with van der Waals surface area (Å²) in [6.07, 6.45) is 11.2. The van der Waals surface area contributed by atoms with E-state index in [4.69, 9.17) is 26.1 Å². The van der Waals surface area contributed by atoms with Gasteiger partial charge in [-0.25, -0.2) is 19.9 Å². The summed E-state index contributed by atoms with van der Waals surface area (Å²) in [4.78, 5) is 79.5. The number of thiazole rings is 2.